The fraction of sp³-hybridized carbons (Fsp3) is 0. The van der Waals surface area contributed by atoms with E-state index in [0.717, 1.165) is 89.2 Å². The van der Waals surface area contributed by atoms with Gasteiger partial charge in [0, 0.05) is 43.7 Å². The molecule has 0 spiro atoms. The molecule has 0 amide bonds. The topological polar surface area (TPSA) is 36.5 Å². The monoisotopic (exact) mass is 677 g/mol. The van der Waals surface area contributed by atoms with Crippen LogP contribution in [0.15, 0.2) is 174 Å². The molecule has 0 fully saturated rings. The van der Waals surface area contributed by atoms with Crippen LogP contribution in [-0.2, 0) is 0 Å². The normalized spacial score (nSPS) is 12.8. The van der Waals surface area contributed by atoms with Crippen LogP contribution in [0.2, 0.25) is 0 Å². The van der Waals surface area contributed by atoms with E-state index in [0.29, 0.717) is 0 Å². The van der Waals surface area contributed by atoms with Crippen LogP contribution in [0.1, 0.15) is 0 Å². The zero-order chi connectivity index (χ0) is 34.6. The number of para-hydroxylation sites is 3. The fourth-order valence-electron chi connectivity index (χ4n) is 8.64. The van der Waals surface area contributed by atoms with Gasteiger partial charge in [0.1, 0.15) is 28.4 Å². The summed E-state index contributed by atoms with van der Waals surface area (Å²) in [5.41, 5.74) is 14.1. The number of rotatable bonds is 3. The van der Waals surface area contributed by atoms with Gasteiger partial charge in [-0.15, -0.1) is 0 Å². The molecule has 12 rings (SSSR count). The third-order valence-electron chi connectivity index (χ3n) is 11.1. The summed E-state index contributed by atoms with van der Waals surface area (Å²) in [5.74, 6) is 2.52. The number of nitrogens with zero attached hydrogens (tertiary/aromatic N) is 1. The molecule has 4 heterocycles. The third kappa shape index (κ3) is 4.19. The summed E-state index contributed by atoms with van der Waals surface area (Å²) in [7, 11) is 0. The molecule has 10 aromatic rings. The first-order valence-corrected chi connectivity index (χ1v) is 18.0. The Balaban J connectivity index is 0.945. The Morgan fingerprint density at radius 1 is 0.415 bits per heavy atom. The number of furan rings is 1. The van der Waals surface area contributed by atoms with Crippen molar-refractivity contribution in [3.05, 3.63) is 170 Å². The molecule has 8 aromatic carbocycles. The van der Waals surface area contributed by atoms with Gasteiger partial charge in [-0.25, -0.2) is 0 Å². The second-order valence-electron chi connectivity index (χ2n) is 14.0. The molecule has 5 heteroatoms. The van der Waals surface area contributed by atoms with E-state index >= 15 is 0 Å². The lowest BCUT2D eigenvalue weighted by Crippen LogP contribution is -2.53. The van der Waals surface area contributed by atoms with Crippen molar-refractivity contribution in [2.45, 2.75) is 0 Å². The van der Waals surface area contributed by atoms with Gasteiger partial charge < -0.3 is 18.4 Å². The van der Waals surface area contributed by atoms with Crippen molar-refractivity contribution in [2.24, 2.45) is 0 Å². The minimum absolute atomic E-state index is 0.294. The average Bonchev–Trinajstić information content (AvgIpc) is 3.76. The summed E-state index contributed by atoms with van der Waals surface area (Å²) in [6.45, 7) is -0.294. The highest BCUT2D eigenvalue weighted by molar-refractivity contribution is 6.84. The molecule has 0 N–H and O–H groups in total. The molecule has 246 valence electrons. The van der Waals surface area contributed by atoms with E-state index in [-0.39, 0.29) is 6.92 Å². The van der Waals surface area contributed by atoms with Gasteiger partial charge >= 0.3 is 6.92 Å². The van der Waals surface area contributed by atoms with Crippen LogP contribution in [0.4, 0.5) is 0 Å². The second-order valence-corrected chi connectivity index (χ2v) is 14.0. The molecule has 0 atom stereocenters. The molecule has 4 nitrogen and oxygen atoms in total. The number of fused-ring (bicyclic) bond motifs is 10. The van der Waals surface area contributed by atoms with Gasteiger partial charge in [-0.1, -0.05) is 103 Å². The number of hydrogen-bond donors (Lipinski definition) is 0. The molecule has 0 radical (unpaired) electrons. The van der Waals surface area contributed by atoms with Gasteiger partial charge in [-0.3, -0.25) is 0 Å². The Morgan fingerprint density at radius 2 is 1.08 bits per heavy atom. The van der Waals surface area contributed by atoms with Crippen LogP contribution >= 0.6 is 0 Å². The number of aromatic nitrogens is 1. The quantitative estimate of drug-likeness (QED) is 0.175. The minimum atomic E-state index is -0.294. The molecule has 0 aliphatic carbocycles. The zero-order valence-corrected chi connectivity index (χ0v) is 28.4. The Labute approximate surface area is 305 Å². The smallest absolute Gasteiger partial charge is 0.434 e. The molecule has 0 bridgehead atoms. The van der Waals surface area contributed by atoms with Crippen LogP contribution in [0, 0.1) is 0 Å². The summed E-state index contributed by atoms with van der Waals surface area (Å²) in [4.78, 5) is 0. The van der Waals surface area contributed by atoms with Crippen LogP contribution in [0.25, 0.3) is 82.8 Å². The number of ether oxygens (including phenoxy) is 1. The predicted octanol–water partition coefficient (Wildman–Crippen LogP) is 11.3. The maximum atomic E-state index is 6.94. The van der Waals surface area contributed by atoms with Crippen molar-refractivity contribution in [1.29, 1.82) is 0 Å². The van der Waals surface area contributed by atoms with Gasteiger partial charge in [-0.05, 0) is 94.5 Å². The van der Waals surface area contributed by atoms with E-state index in [9.17, 15) is 0 Å². The van der Waals surface area contributed by atoms with E-state index in [1.807, 2.05) is 18.2 Å². The van der Waals surface area contributed by atoms with Crippen molar-refractivity contribution in [1.82, 2.24) is 4.57 Å². The lowest BCUT2D eigenvalue weighted by Gasteiger charge is -2.33. The zero-order valence-electron chi connectivity index (χ0n) is 28.4. The van der Waals surface area contributed by atoms with Crippen LogP contribution < -0.4 is 20.3 Å². The van der Waals surface area contributed by atoms with E-state index in [1.165, 1.54) is 21.8 Å². The first kappa shape index (κ1) is 28.7. The van der Waals surface area contributed by atoms with E-state index in [1.54, 1.807) is 0 Å². The van der Waals surface area contributed by atoms with Gasteiger partial charge in [-0.2, -0.15) is 0 Å². The van der Waals surface area contributed by atoms with Crippen LogP contribution in [0.3, 0.4) is 0 Å². The van der Waals surface area contributed by atoms with Gasteiger partial charge in [0.05, 0.1) is 11.0 Å². The van der Waals surface area contributed by atoms with Crippen molar-refractivity contribution in [2.75, 3.05) is 0 Å². The standard InChI is InChI=1S/C48H28BNO3/c1-4-15-41-34(11-1)35-12-2-5-16-42(35)50(41)33-10-7-9-29(25-33)32-21-24-46-40(28-32)49-48-37(14-8-18-47(48)52-46)39-27-31(20-23-45(39)53-49)30-19-22-44-38(26-30)36-13-3-6-17-43(36)51-44/h1-28H. The molecule has 0 unspecified atom stereocenters. The lowest BCUT2D eigenvalue weighted by atomic mass is 9.50. The first-order chi connectivity index (χ1) is 26.2. The summed E-state index contributed by atoms with van der Waals surface area (Å²) in [6.07, 6.45) is 0. The number of hydrogen-bond acceptors (Lipinski definition) is 3. The lowest BCUT2D eigenvalue weighted by molar-refractivity contribution is 0.479. The molecular formula is C48H28BNO3. The largest absolute Gasteiger partial charge is 0.551 e. The van der Waals surface area contributed by atoms with E-state index in [4.69, 9.17) is 13.8 Å². The second kappa shape index (κ2) is 10.8. The maximum absolute atomic E-state index is 6.94. The van der Waals surface area contributed by atoms with Crippen molar-refractivity contribution >= 4 is 61.6 Å². The van der Waals surface area contributed by atoms with Gasteiger partial charge in [0.15, 0.2) is 0 Å². The molecule has 53 heavy (non-hydrogen) atoms. The summed E-state index contributed by atoms with van der Waals surface area (Å²) >= 11 is 0. The highest BCUT2D eigenvalue weighted by Gasteiger charge is 2.40. The summed E-state index contributed by atoms with van der Waals surface area (Å²) in [6, 6.07) is 60.1. The first-order valence-electron chi connectivity index (χ1n) is 18.0. The fourth-order valence-corrected chi connectivity index (χ4v) is 8.64. The Hall–Kier alpha value is -6.98. The van der Waals surface area contributed by atoms with E-state index in [2.05, 4.69) is 156 Å². The van der Waals surface area contributed by atoms with Gasteiger partial charge in [0.25, 0.3) is 0 Å². The predicted molar refractivity (Wildman–Crippen MR) is 217 cm³/mol. The molecule has 0 saturated carbocycles. The van der Waals surface area contributed by atoms with Crippen LogP contribution in [-0.4, -0.2) is 11.5 Å². The number of benzene rings is 8. The Kier molecular flexibility index (Phi) is 5.83. The van der Waals surface area contributed by atoms with Crippen LogP contribution in [0.5, 0.6) is 17.2 Å². The minimum Gasteiger partial charge on any atom is -0.551 e. The Bertz CT molecular complexity index is 3100. The molecule has 0 saturated heterocycles. The van der Waals surface area contributed by atoms with Crippen molar-refractivity contribution < 1.29 is 13.8 Å². The SMILES string of the molecule is c1cc(-c2ccc3c(c2)B2Oc4ccc(-c5ccc6oc7ccccc7c6c5)cc4-c4cccc(c42)O3)cc(-n2c3ccccc3c3ccccc32)c1. The average molecular weight is 678 g/mol. The summed E-state index contributed by atoms with van der Waals surface area (Å²) < 4.78 is 22.0. The third-order valence-corrected chi connectivity index (χ3v) is 11.1. The van der Waals surface area contributed by atoms with Gasteiger partial charge in [0.2, 0.25) is 0 Å². The molecule has 2 aromatic heterocycles. The molecule has 2 aliphatic rings. The highest BCUT2D eigenvalue weighted by Crippen LogP contribution is 2.42. The summed E-state index contributed by atoms with van der Waals surface area (Å²) in [5, 5.41) is 4.75. The van der Waals surface area contributed by atoms with Crippen molar-refractivity contribution in [3.63, 3.8) is 0 Å². The highest BCUT2D eigenvalue weighted by atomic mass is 16.5. The molecular weight excluding hydrogens is 649 g/mol. The van der Waals surface area contributed by atoms with E-state index < -0.39 is 0 Å². The molecule has 2 aliphatic heterocycles. The van der Waals surface area contributed by atoms with Crippen molar-refractivity contribution in [3.8, 4) is 56.3 Å². The Morgan fingerprint density at radius 3 is 1.92 bits per heavy atom. The maximum Gasteiger partial charge on any atom is 0.434 e.